The van der Waals surface area contributed by atoms with Crippen LogP contribution in [0.3, 0.4) is 0 Å². The van der Waals surface area contributed by atoms with Gasteiger partial charge in [0.25, 0.3) is 0 Å². The molecule has 4 rings (SSSR count). The molecule has 0 unspecified atom stereocenters. The number of pyridine rings is 1. The van der Waals surface area contributed by atoms with E-state index in [9.17, 15) is 10.1 Å². The summed E-state index contributed by atoms with van der Waals surface area (Å²) in [5.74, 6) is 0.0612. The number of oxime groups is 1. The van der Waals surface area contributed by atoms with E-state index < -0.39 is 4.92 Å². The van der Waals surface area contributed by atoms with E-state index in [-0.39, 0.29) is 5.88 Å². The average Bonchev–Trinajstić information content (AvgIpc) is 3.27. The van der Waals surface area contributed by atoms with Gasteiger partial charge in [-0.3, -0.25) is 10.1 Å². The van der Waals surface area contributed by atoms with Crippen LogP contribution in [0.15, 0.2) is 76.3 Å². The van der Waals surface area contributed by atoms with E-state index in [0.717, 1.165) is 27.8 Å². The number of hydrogen-bond donors (Lipinski definition) is 2. The maximum atomic E-state index is 10.8. The first-order chi connectivity index (χ1) is 15.0. The van der Waals surface area contributed by atoms with Gasteiger partial charge < -0.3 is 14.9 Å². The van der Waals surface area contributed by atoms with Gasteiger partial charge in [-0.25, -0.2) is 4.98 Å². The molecular weight excluding hydrogens is 396 g/mol. The fourth-order valence-corrected chi connectivity index (χ4v) is 3.09. The van der Waals surface area contributed by atoms with Crippen molar-refractivity contribution in [2.45, 2.75) is 6.92 Å². The third kappa shape index (κ3) is 4.43. The fraction of sp³-hybridized carbons (Fsp3) is 0.0435. The van der Waals surface area contributed by atoms with E-state index in [4.69, 9.17) is 9.62 Å². The van der Waals surface area contributed by atoms with Crippen molar-refractivity contribution in [2.75, 3.05) is 5.32 Å². The lowest BCUT2D eigenvalue weighted by Gasteiger charge is -2.11. The predicted molar refractivity (Wildman–Crippen MR) is 120 cm³/mol. The lowest BCUT2D eigenvalue weighted by molar-refractivity contribution is -0.402. The zero-order valence-electron chi connectivity index (χ0n) is 16.5. The van der Waals surface area contributed by atoms with Crippen LogP contribution in [-0.2, 0) is 0 Å². The third-order valence-electron chi connectivity index (χ3n) is 4.68. The second kappa shape index (κ2) is 8.50. The maximum absolute atomic E-state index is 10.8. The summed E-state index contributed by atoms with van der Waals surface area (Å²) in [4.78, 5) is 14.8. The van der Waals surface area contributed by atoms with Crippen molar-refractivity contribution < 1.29 is 14.5 Å². The Hall–Kier alpha value is -4.46. The molecule has 0 aliphatic carbocycles. The summed E-state index contributed by atoms with van der Waals surface area (Å²) in [6, 6.07) is 20.0. The van der Waals surface area contributed by atoms with Gasteiger partial charge in [-0.2, -0.15) is 0 Å². The fourth-order valence-electron chi connectivity index (χ4n) is 3.09. The van der Waals surface area contributed by atoms with E-state index in [0.29, 0.717) is 17.2 Å². The summed E-state index contributed by atoms with van der Waals surface area (Å²) < 4.78 is 5.16. The Morgan fingerprint density at radius 2 is 1.90 bits per heavy atom. The number of furan rings is 1. The van der Waals surface area contributed by atoms with Gasteiger partial charge in [0.05, 0.1) is 28.7 Å². The van der Waals surface area contributed by atoms with Crippen LogP contribution in [0.25, 0.3) is 23.1 Å². The second-order valence-corrected chi connectivity index (χ2v) is 6.77. The highest BCUT2D eigenvalue weighted by atomic mass is 16.6. The molecule has 154 valence electrons. The van der Waals surface area contributed by atoms with Crippen LogP contribution in [0.5, 0.6) is 0 Å². The summed E-state index contributed by atoms with van der Waals surface area (Å²) in [6.45, 7) is 1.73. The molecule has 0 aliphatic heterocycles. The van der Waals surface area contributed by atoms with Gasteiger partial charge in [0.15, 0.2) is 0 Å². The Morgan fingerprint density at radius 1 is 1.13 bits per heavy atom. The van der Waals surface area contributed by atoms with Crippen LogP contribution >= 0.6 is 0 Å². The first kappa shape index (κ1) is 19.8. The van der Waals surface area contributed by atoms with Crippen molar-refractivity contribution in [1.82, 2.24) is 4.98 Å². The Labute approximate surface area is 177 Å². The van der Waals surface area contributed by atoms with Crippen LogP contribution in [0, 0.1) is 10.1 Å². The Kier molecular flexibility index (Phi) is 5.44. The van der Waals surface area contributed by atoms with Crippen molar-refractivity contribution in [3.63, 3.8) is 0 Å². The molecule has 0 fully saturated rings. The molecule has 2 N–H and O–H groups in total. The number of nitrogens with one attached hydrogen (secondary N) is 1. The van der Waals surface area contributed by atoms with Gasteiger partial charge >= 0.3 is 5.88 Å². The molecule has 0 aliphatic rings. The molecule has 8 heteroatoms. The van der Waals surface area contributed by atoms with E-state index in [2.05, 4.69) is 15.5 Å². The number of rotatable bonds is 6. The summed E-state index contributed by atoms with van der Waals surface area (Å²) in [5.41, 5.74) is 4.55. The van der Waals surface area contributed by atoms with Gasteiger partial charge in [0, 0.05) is 11.1 Å². The van der Waals surface area contributed by atoms with Crippen LogP contribution < -0.4 is 5.32 Å². The molecule has 0 radical (unpaired) electrons. The SMILES string of the molecule is C/C(=N/O)c1ccc(Nc2cc(/C=C/c3ccc([N+](=O)[O-])o3)nc3ccccc23)cc1. The molecule has 31 heavy (non-hydrogen) atoms. The monoisotopic (exact) mass is 414 g/mol. The van der Waals surface area contributed by atoms with Gasteiger partial charge in [-0.1, -0.05) is 35.5 Å². The average molecular weight is 414 g/mol. The minimum atomic E-state index is -0.577. The van der Waals surface area contributed by atoms with E-state index in [1.165, 1.54) is 12.1 Å². The minimum absolute atomic E-state index is 0.307. The zero-order valence-corrected chi connectivity index (χ0v) is 16.5. The summed E-state index contributed by atoms with van der Waals surface area (Å²) >= 11 is 0. The number of aromatic nitrogens is 1. The smallest absolute Gasteiger partial charge is 0.411 e. The van der Waals surface area contributed by atoms with E-state index in [1.54, 1.807) is 19.1 Å². The van der Waals surface area contributed by atoms with Crippen LogP contribution in [-0.4, -0.2) is 20.8 Å². The molecule has 0 atom stereocenters. The first-order valence-corrected chi connectivity index (χ1v) is 9.42. The van der Waals surface area contributed by atoms with Crippen molar-refractivity contribution in [3.8, 4) is 0 Å². The lowest BCUT2D eigenvalue weighted by atomic mass is 10.1. The summed E-state index contributed by atoms with van der Waals surface area (Å²) in [6.07, 6.45) is 3.38. The number of anilines is 2. The van der Waals surface area contributed by atoms with Crippen LogP contribution in [0.4, 0.5) is 17.3 Å². The Morgan fingerprint density at radius 3 is 2.61 bits per heavy atom. The van der Waals surface area contributed by atoms with Crippen molar-refractivity contribution >= 4 is 46.0 Å². The van der Waals surface area contributed by atoms with Gasteiger partial charge in [-0.05, 0) is 55.0 Å². The van der Waals surface area contributed by atoms with Crippen molar-refractivity contribution in [1.29, 1.82) is 0 Å². The largest absolute Gasteiger partial charge is 0.433 e. The lowest BCUT2D eigenvalue weighted by Crippen LogP contribution is -1.97. The van der Waals surface area contributed by atoms with E-state index in [1.807, 2.05) is 54.6 Å². The minimum Gasteiger partial charge on any atom is -0.411 e. The number of nitrogens with zero attached hydrogens (tertiary/aromatic N) is 3. The molecular formula is C23H18N4O4. The number of fused-ring (bicyclic) bond motifs is 1. The Balaban J connectivity index is 1.66. The molecule has 2 aromatic heterocycles. The van der Waals surface area contributed by atoms with Crippen molar-refractivity contribution in [3.05, 3.63) is 93.9 Å². The van der Waals surface area contributed by atoms with Crippen molar-refractivity contribution in [2.24, 2.45) is 5.16 Å². The molecule has 0 spiro atoms. The topological polar surface area (TPSA) is 114 Å². The predicted octanol–water partition coefficient (Wildman–Crippen LogP) is 5.85. The number of hydrogen-bond acceptors (Lipinski definition) is 7. The summed E-state index contributed by atoms with van der Waals surface area (Å²) in [7, 11) is 0. The standard InChI is InChI=1S/C23H18N4O4/c1-15(26-28)16-6-8-17(9-7-16)24-22-14-18(25-21-5-3-2-4-20(21)22)10-11-19-12-13-23(31-19)27(29)30/h2-14,28H,1H3,(H,24,25)/b11-10+,26-15-. The number of benzene rings is 2. The normalized spacial score (nSPS) is 11.8. The molecule has 0 bridgehead atoms. The van der Waals surface area contributed by atoms with Crippen LogP contribution in [0.2, 0.25) is 0 Å². The zero-order chi connectivity index (χ0) is 21.8. The van der Waals surface area contributed by atoms with Gasteiger partial charge in [0.2, 0.25) is 0 Å². The first-order valence-electron chi connectivity index (χ1n) is 9.42. The van der Waals surface area contributed by atoms with Gasteiger partial charge in [-0.15, -0.1) is 0 Å². The number of para-hydroxylation sites is 1. The molecule has 0 saturated heterocycles. The highest BCUT2D eigenvalue weighted by molar-refractivity contribution is 5.99. The second-order valence-electron chi connectivity index (χ2n) is 6.77. The van der Waals surface area contributed by atoms with E-state index >= 15 is 0 Å². The molecule has 0 saturated carbocycles. The van der Waals surface area contributed by atoms with Crippen LogP contribution in [0.1, 0.15) is 23.9 Å². The Bertz CT molecular complexity index is 1310. The highest BCUT2D eigenvalue weighted by Gasteiger charge is 2.10. The molecule has 2 heterocycles. The maximum Gasteiger partial charge on any atom is 0.433 e. The molecule has 4 aromatic rings. The number of nitro groups is 1. The molecule has 0 amide bonds. The molecule has 2 aromatic carbocycles. The molecule has 8 nitrogen and oxygen atoms in total. The summed E-state index contributed by atoms with van der Waals surface area (Å²) in [5, 5.41) is 27.3. The van der Waals surface area contributed by atoms with Gasteiger partial charge in [0.1, 0.15) is 10.7 Å². The quantitative estimate of drug-likeness (QED) is 0.177. The third-order valence-corrected chi connectivity index (χ3v) is 4.68. The highest BCUT2D eigenvalue weighted by Crippen LogP contribution is 2.28.